The van der Waals surface area contributed by atoms with Gasteiger partial charge in [-0.3, -0.25) is 9.59 Å². The number of thiocarbonyl (C=S) groups is 1. The van der Waals surface area contributed by atoms with Crippen molar-refractivity contribution in [2.75, 3.05) is 17.7 Å². The third kappa shape index (κ3) is 6.41. The zero-order valence-corrected chi connectivity index (χ0v) is 16.2. The summed E-state index contributed by atoms with van der Waals surface area (Å²) < 4.78 is 10.4. The maximum absolute atomic E-state index is 12.1. The number of carbonyl (C=O) groups excluding carboxylic acids is 2. The molecule has 0 spiro atoms. The lowest BCUT2D eigenvalue weighted by Gasteiger charge is -2.14. The third-order valence-corrected chi connectivity index (χ3v) is 3.91. The van der Waals surface area contributed by atoms with Gasteiger partial charge in [0.05, 0.1) is 19.1 Å². The molecule has 144 valence electrons. The third-order valence-electron chi connectivity index (χ3n) is 3.71. The molecule has 0 aliphatic heterocycles. The smallest absolute Gasteiger partial charge is 0.291 e. The molecule has 0 fully saturated rings. The van der Waals surface area contributed by atoms with Crippen LogP contribution in [-0.2, 0) is 4.79 Å². The standard InChI is InChI=1S/C19H23N3O4S/c1-3-4-5-8-17(23)22-19(27)21-14-12-13(9-10-15(14)25-2)20-18(24)16-7-6-11-26-16/h6-7,9-12H,3-5,8H2,1-2H3,(H,20,24)(H2,21,22,23,27). The summed E-state index contributed by atoms with van der Waals surface area (Å²) in [5, 5.41) is 8.47. The normalized spacial score (nSPS) is 10.1. The van der Waals surface area contributed by atoms with E-state index in [1.54, 1.807) is 30.3 Å². The van der Waals surface area contributed by atoms with Crippen LogP contribution in [0.25, 0.3) is 0 Å². The highest BCUT2D eigenvalue weighted by Crippen LogP contribution is 2.28. The Kier molecular flexibility index (Phi) is 7.81. The molecule has 0 bridgehead atoms. The van der Waals surface area contributed by atoms with E-state index in [1.165, 1.54) is 13.4 Å². The highest BCUT2D eigenvalue weighted by atomic mass is 32.1. The molecule has 2 amide bonds. The number of amides is 2. The molecule has 0 saturated heterocycles. The molecule has 0 aliphatic carbocycles. The summed E-state index contributed by atoms with van der Waals surface area (Å²) >= 11 is 5.19. The Hall–Kier alpha value is -2.87. The molecule has 27 heavy (non-hydrogen) atoms. The van der Waals surface area contributed by atoms with E-state index < -0.39 is 0 Å². The van der Waals surface area contributed by atoms with Crippen LogP contribution in [0.1, 0.15) is 43.2 Å². The summed E-state index contributed by atoms with van der Waals surface area (Å²) in [6, 6.07) is 8.25. The Morgan fingerprint density at radius 2 is 2.00 bits per heavy atom. The van der Waals surface area contributed by atoms with Gasteiger partial charge in [0.25, 0.3) is 5.91 Å². The molecule has 2 aromatic rings. The first kappa shape index (κ1) is 20.4. The molecular formula is C19H23N3O4S. The number of anilines is 2. The average molecular weight is 389 g/mol. The van der Waals surface area contributed by atoms with Gasteiger partial charge in [0, 0.05) is 12.1 Å². The number of furan rings is 1. The first-order chi connectivity index (χ1) is 13.0. The van der Waals surface area contributed by atoms with E-state index in [2.05, 4.69) is 22.9 Å². The van der Waals surface area contributed by atoms with E-state index in [1.807, 2.05) is 0 Å². The first-order valence-corrected chi connectivity index (χ1v) is 9.08. The largest absolute Gasteiger partial charge is 0.495 e. The lowest BCUT2D eigenvalue weighted by atomic mass is 10.2. The van der Waals surface area contributed by atoms with Crippen LogP contribution in [-0.4, -0.2) is 24.0 Å². The van der Waals surface area contributed by atoms with Crippen molar-refractivity contribution in [3.05, 3.63) is 42.4 Å². The highest BCUT2D eigenvalue weighted by Gasteiger charge is 2.12. The first-order valence-electron chi connectivity index (χ1n) is 8.67. The van der Waals surface area contributed by atoms with Crippen molar-refractivity contribution in [3.8, 4) is 5.75 Å². The molecule has 2 rings (SSSR count). The van der Waals surface area contributed by atoms with Gasteiger partial charge in [0.15, 0.2) is 10.9 Å². The van der Waals surface area contributed by atoms with Crippen LogP contribution < -0.4 is 20.7 Å². The van der Waals surface area contributed by atoms with E-state index in [0.717, 1.165) is 19.3 Å². The zero-order chi connectivity index (χ0) is 19.6. The van der Waals surface area contributed by atoms with Crippen LogP contribution in [0.4, 0.5) is 11.4 Å². The van der Waals surface area contributed by atoms with E-state index in [0.29, 0.717) is 23.5 Å². The van der Waals surface area contributed by atoms with Gasteiger partial charge in [-0.25, -0.2) is 0 Å². The monoisotopic (exact) mass is 389 g/mol. The van der Waals surface area contributed by atoms with Crippen molar-refractivity contribution < 1.29 is 18.7 Å². The number of methoxy groups -OCH3 is 1. The maximum atomic E-state index is 12.1. The van der Waals surface area contributed by atoms with Crippen molar-refractivity contribution in [2.24, 2.45) is 0 Å². The van der Waals surface area contributed by atoms with Crippen molar-refractivity contribution in [1.82, 2.24) is 5.32 Å². The van der Waals surface area contributed by atoms with Gasteiger partial charge < -0.3 is 25.1 Å². The molecule has 3 N–H and O–H groups in total. The van der Waals surface area contributed by atoms with Crippen molar-refractivity contribution in [3.63, 3.8) is 0 Å². The predicted octanol–water partition coefficient (Wildman–Crippen LogP) is 3.93. The van der Waals surface area contributed by atoms with Crippen molar-refractivity contribution in [2.45, 2.75) is 32.6 Å². The Balaban J connectivity index is 2.01. The van der Waals surface area contributed by atoms with Crippen LogP contribution in [0.2, 0.25) is 0 Å². The maximum Gasteiger partial charge on any atom is 0.291 e. The number of unbranched alkanes of at least 4 members (excludes halogenated alkanes) is 2. The summed E-state index contributed by atoms with van der Waals surface area (Å²) in [4.78, 5) is 24.0. The second-order valence-electron chi connectivity index (χ2n) is 5.81. The minimum Gasteiger partial charge on any atom is -0.495 e. The van der Waals surface area contributed by atoms with Crippen molar-refractivity contribution >= 4 is 40.5 Å². The molecule has 0 saturated carbocycles. The number of benzene rings is 1. The lowest BCUT2D eigenvalue weighted by Crippen LogP contribution is -2.34. The van der Waals surface area contributed by atoms with Gasteiger partial charge in [-0.05, 0) is 49.0 Å². The molecule has 1 aromatic heterocycles. The Morgan fingerprint density at radius 3 is 2.67 bits per heavy atom. The minimum atomic E-state index is -0.372. The number of hydrogen-bond acceptors (Lipinski definition) is 5. The summed E-state index contributed by atoms with van der Waals surface area (Å²) in [7, 11) is 1.52. The lowest BCUT2D eigenvalue weighted by molar-refractivity contribution is -0.119. The SMILES string of the molecule is CCCCCC(=O)NC(=S)Nc1cc(NC(=O)c2ccco2)ccc1OC. The second kappa shape index (κ2) is 10.3. The van der Waals surface area contributed by atoms with Crippen molar-refractivity contribution in [1.29, 1.82) is 0 Å². The van der Waals surface area contributed by atoms with Crippen LogP contribution in [0.3, 0.4) is 0 Å². The summed E-state index contributed by atoms with van der Waals surface area (Å²) in [6.45, 7) is 2.08. The van der Waals surface area contributed by atoms with Crippen LogP contribution in [0.15, 0.2) is 41.0 Å². The Morgan fingerprint density at radius 1 is 1.19 bits per heavy atom. The summed E-state index contributed by atoms with van der Waals surface area (Å²) in [6.07, 6.45) is 4.72. The number of carbonyl (C=O) groups is 2. The topological polar surface area (TPSA) is 92.6 Å². The van der Waals surface area contributed by atoms with Gasteiger partial charge in [-0.15, -0.1) is 0 Å². The second-order valence-corrected chi connectivity index (χ2v) is 6.21. The molecule has 1 heterocycles. The molecule has 0 radical (unpaired) electrons. The average Bonchev–Trinajstić information content (AvgIpc) is 3.17. The molecule has 7 nitrogen and oxygen atoms in total. The van der Waals surface area contributed by atoms with E-state index in [9.17, 15) is 9.59 Å². The van der Waals surface area contributed by atoms with Crippen LogP contribution in [0.5, 0.6) is 5.75 Å². The van der Waals surface area contributed by atoms with E-state index in [4.69, 9.17) is 21.4 Å². The summed E-state index contributed by atoms with van der Waals surface area (Å²) in [5.74, 6) is 0.217. The van der Waals surface area contributed by atoms with Gasteiger partial charge in [-0.1, -0.05) is 19.8 Å². The highest BCUT2D eigenvalue weighted by molar-refractivity contribution is 7.80. The Bertz CT molecular complexity index is 790. The van der Waals surface area contributed by atoms with Gasteiger partial charge in [-0.2, -0.15) is 0 Å². The predicted molar refractivity (Wildman–Crippen MR) is 108 cm³/mol. The fourth-order valence-corrected chi connectivity index (χ4v) is 2.59. The van der Waals surface area contributed by atoms with Crippen LogP contribution in [0, 0.1) is 0 Å². The molecule has 0 aliphatic rings. The molecule has 0 atom stereocenters. The van der Waals surface area contributed by atoms with Gasteiger partial charge in [0.2, 0.25) is 5.91 Å². The molecule has 8 heteroatoms. The number of hydrogen-bond donors (Lipinski definition) is 3. The number of rotatable bonds is 8. The molecule has 1 aromatic carbocycles. The fourth-order valence-electron chi connectivity index (χ4n) is 2.36. The van der Waals surface area contributed by atoms with E-state index >= 15 is 0 Å². The van der Waals surface area contributed by atoms with E-state index in [-0.39, 0.29) is 22.7 Å². The number of nitrogens with one attached hydrogen (secondary N) is 3. The van der Waals surface area contributed by atoms with Gasteiger partial charge in [0.1, 0.15) is 5.75 Å². The zero-order valence-electron chi connectivity index (χ0n) is 15.3. The molecule has 0 unspecified atom stereocenters. The minimum absolute atomic E-state index is 0.137. The van der Waals surface area contributed by atoms with Gasteiger partial charge >= 0.3 is 0 Å². The Labute approximate surface area is 163 Å². The number of ether oxygens (including phenoxy) is 1. The summed E-state index contributed by atoms with van der Waals surface area (Å²) in [5.41, 5.74) is 1.05. The van der Waals surface area contributed by atoms with Crippen LogP contribution >= 0.6 is 12.2 Å². The fraction of sp³-hybridized carbons (Fsp3) is 0.316. The molecular weight excluding hydrogens is 366 g/mol. The quantitative estimate of drug-likeness (QED) is 0.468.